The molecule has 0 saturated heterocycles. The molecule has 1 aliphatic heterocycles. The molecule has 0 saturated carbocycles. The minimum atomic E-state index is -1.82. The van der Waals surface area contributed by atoms with Gasteiger partial charge in [-0.2, -0.15) is 0 Å². The van der Waals surface area contributed by atoms with Crippen molar-refractivity contribution in [2.45, 2.75) is 6.54 Å². The number of amides is 2. The van der Waals surface area contributed by atoms with Gasteiger partial charge in [0.25, 0.3) is 0 Å². The lowest BCUT2D eigenvalue weighted by molar-refractivity contribution is -0.159. The number of rotatable bonds is 4. The summed E-state index contributed by atoms with van der Waals surface area (Å²) in [4.78, 5) is 44.9. The molecule has 2 amide bonds. The first-order valence-corrected chi connectivity index (χ1v) is 8.65. The van der Waals surface area contributed by atoms with Crippen LogP contribution >= 0.6 is 11.3 Å². The van der Waals surface area contributed by atoms with Gasteiger partial charge in [0.1, 0.15) is 6.54 Å². The lowest BCUT2D eigenvalue weighted by Crippen LogP contribution is -2.45. The zero-order chi connectivity index (χ0) is 19.8. The number of carbonyl (C=O) groups is 4. The number of thiophene rings is 1. The summed E-state index contributed by atoms with van der Waals surface area (Å²) in [5.41, 5.74) is 1.43. The van der Waals surface area contributed by atoms with Crippen LogP contribution in [0.15, 0.2) is 41.8 Å². The largest absolute Gasteiger partial charge is 0.473 e. The Morgan fingerprint density at radius 1 is 1.11 bits per heavy atom. The van der Waals surface area contributed by atoms with Crippen molar-refractivity contribution >= 4 is 46.5 Å². The average molecular weight is 391 g/mol. The number of fused-ring (bicyclic) bond motifs is 1. The van der Waals surface area contributed by atoms with Gasteiger partial charge in [-0.25, -0.2) is 9.59 Å². The number of nitrogens with zero attached hydrogens (tertiary/aromatic N) is 1. The first-order chi connectivity index (χ1) is 12.9. The topological polar surface area (TPSA) is 136 Å². The summed E-state index contributed by atoms with van der Waals surface area (Å²) < 4.78 is 0. The van der Waals surface area contributed by atoms with Crippen molar-refractivity contribution in [1.29, 1.82) is 0 Å². The molecule has 4 N–H and O–H groups in total. The Morgan fingerprint density at radius 3 is 2.44 bits per heavy atom. The summed E-state index contributed by atoms with van der Waals surface area (Å²) >= 11 is 1.65. The Kier molecular flexibility index (Phi) is 7.03. The molecule has 0 bridgehead atoms. The van der Waals surface area contributed by atoms with E-state index in [1.165, 1.54) is 9.78 Å². The normalized spacial score (nSPS) is 12.3. The van der Waals surface area contributed by atoms with E-state index in [1.807, 2.05) is 35.7 Å². The summed E-state index contributed by atoms with van der Waals surface area (Å²) in [6.45, 7) is 0.932. The fourth-order valence-electron chi connectivity index (χ4n) is 2.26. The third-order valence-corrected chi connectivity index (χ3v) is 4.29. The predicted molar refractivity (Wildman–Crippen MR) is 98.7 cm³/mol. The number of hydrogen-bond donors (Lipinski definition) is 4. The van der Waals surface area contributed by atoms with Crippen LogP contribution in [-0.4, -0.2) is 47.1 Å². The maximum Gasteiger partial charge on any atom is 0.414 e. The molecule has 1 aliphatic rings. The van der Waals surface area contributed by atoms with Gasteiger partial charge in [-0.3, -0.25) is 14.5 Å². The molecule has 10 heteroatoms. The minimum absolute atomic E-state index is 0.0660. The minimum Gasteiger partial charge on any atom is -0.473 e. The van der Waals surface area contributed by atoms with Crippen LogP contribution in [0.25, 0.3) is 0 Å². The number of aliphatic carboxylic acids is 2. The van der Waals surface area contributed by atoms with Gasteiger partial charge < -0.3 is 20.8 Å². The van der Waals surface area contributed by atoms with E-state index in [2.05, 4.69) is 10.6 Å². The van der Waals surface area contributed by atoms with Crippen LogP contribution in [0.4, 0.5) is 11.4 Å². The van der Waals surface area contributed by atoms with Crippen LogP contribution in [0.2, 0.25) is 0 Å². The van der Waals surface area contributed by atoms with Crippen molar-refractivity contribution in [3.05, 3.63) is 46.7 Å². The molecule has 27 heavy (non-hydrogen) atoms. The summed E-state index contributed by atoms with van der Waals surface area (Å²) in [6.07, 6.45) is 0. The fraction of sp³-hybridized carbons (Fsp3) is 0.176. The number of carbonyl (C=O) groups excluding carboxylic acids is 2. The highest BCUT2D eigenvalue weighted by atomic mass is 32.1. The second-order valence-electron chi connectivity index (χ2n) is 5.34. The molecule has 0 aliphatic carbocycles. The monoisotopic (exact) mass is 391 g/mol. The molecule has 2 heterocycles. The number of nitrogens with one attached hydrogen (secondary N) is 2. The van der Waals surface area contributed by atoms with E-state index in [0.717, 1.165) is 5.69 Å². The summed E-state index contributed by atoms with van der Waals surface area (Å²) in [5.74, 6) is -3.92. The van der Waals surface area contributed by atoms with Gasteiger partial charge in [-0.1, -0.05) is 18.2 Å². The molecule has 0 unspecified atom stereocenters. The second-order valence-corrected chi connectivity index (χ2v) is 6.37. The number of carboxylic acids is 2. The molecule has 3 rings (SSSR count). The van der Waals surface area contributed by atoms with Crippen LogP contribution in [-0.2, 0) is 25.7 Å². The number of hydrogen-bond acceptors (Lipinski definition) is 6. The van der Waals surface area contributed by atoms with Crippen molar-refractivity contribution in [3.63, 3.8) is 0 Å². The molecule has 0 spiro atoms. The van der Waals surface area contributed by atoms with Crippen molar-refractivity contribution in [1.82, 2.24) is 5.32 Å². The highest BCUT2D eigenvalue weighted by Gasteiger charge is 2.25. The van der Waals surface area contributed by atoms with E-state index in [-0.39, 0.29) is 24.9 Å². The lowest BCUT2D eigenvalue weighted by atomic mass is 10.2. The zero-order valence-corrected chi connectivity index (χ0v) is 14.9. The Morgan fingerprint density at radius 2 is 1.81 bits per heavy atom. The highest BCUT2D eigenvalue weighted by Crippen LogP contribution is 2.28. The summed E-state index contributed by atoms with van der Waals surface area (Å²) in [7, 11) is 0. The first-order valence-electron chi connectivity index (χ1n) is 7.77. The number of carboxylic acid groups (broad SMARTS) is 2. The van der Waals surface area contributed by atoms with Crippen molar-refractivity contribution < 1.29 is 29.4 Å². The molecule has 9 nitrogen and oxygen atoms in total. The van der Waals surface area contributed by atoms with Crippen molar-refractivity contribution in [2.75, 3.05) is 23.3 Å². The van der Waals surface area contributed by atoms with E-state index >= 15 is 0 Å². The van der Waals surface area contributed by atoms with Gasteiger partial charge in [0, 0.05) is 11.4 Å². The fourth-order valence-corrected chi connectivity index (χ4v) is 2.93. The van der Waals surface area contributed by atoms with E-state index in [9.17, 15) is 9.59 Å². The molecule has 1 aromatic carbocycles. The van der Waals surface area contributed by atoms with Crippen molar-refractivity contribution in [2.24, 2.45) is 0 Å². The maximum absolute atomic E-state index is 12.3. The smallest absolute Gasteiger partial charge is 0.414 e. The molecular weight excluding hydrogens is 374 g/mol. The average Bonchev–Trinajstić information content (AvgIpc) is 3.14. The lowest BCUT2D eigenvalue weighted by Gasteiger charge is -2.29. The number of para-hydroxylation sites is 2. The Bertz CT molecular complexity index is 825. The molecular formula is C17H17N3O6S. The molecule has 1 aromatic heterocycles. The third kappa shape index (κ3) is 5.90. The Hall–Kier alpha value is -3.24. The van der Waals surface area contributed by atoms with Gasteiger partial charge in [0.05, 0.1) is 17.9 Å². The van der Waals surface area contributed by atoms with Crippen LogP contribution < -0.4 is 15.5 Å². The predicted octanol–water partition coefficient (Wildman–Crippen LogP) is 0.979. The van der Waals surface area contributed by atoms with Gasteiger partial charge in [-0.15, -0.1) is 11.3 Å². The first kappa shape index (κ1) is 20.1. The molecule has 0 fully saturated rings. The van der Waals surface area contributed by atoms with Crippen LogP contribution in [0.3, 0.4) is 0 Å². The van der Waals surface area contributed by atoms with Gasteiger partial charge in [-0.05, 0) is 23.6 Å². The number of benzene rings is 1. The van der Waals surface area contributed by atoms with Crippen LogP contribution in [0.5, 0.6) is 0 Å². The van der Waals surface area contributed by atoms with Crippen LogP contribution in [0, 0.1) is 0 Å². The van der Waals surface area contributed by atoms with Crippen LogP contribution in [0.1, 0.15) is 4.88 Å². The van der Waals surface area contributed by atoms with Crippen molar-refractivity contribution in [3.8, 4) is 0 Å². The van der Waals surface area contributed by atoms with E-state index in [1.54, 1.807) is 17.4 Å². The quantitative estimate of drug-likeness (QED) is 0.570. The zero-order valence-electron chi connectivity index (χ0n) is 14.0. The Balaban J connectivity index is 0.000000380. The number of anilines is 2. The summed E-state index contributed by atoms with van der Waals surface area (Å²) in [6, 6.07) is 11.3. The second kappa shape index (κ2) is 9.46. The van der Waals surface area contributed by atoms with Gasteiger partial charge in [0.2, 0.25) is 11.8 Å². The van der Waals surface area contributed by atoms with E-state index < -0.39 is 11.9 Å². The molecule has 142 valence electrons. The molecule has 2 aromatic rings. The Labute approximate surface area is 158 Å². The van der Waals surface area contributed by atoms with E-state index in [0.29, 0.717) is 12.2 Å². The third-order valence-electron chi connectivity index (χ3n) is 3.41. The summed E-state index contributed by atoms with van der Waals surface area (Å²) in [5, 5.41) is 22.7. The van der Waals surface area contributed by atoms with E-state index in [4.69, 9.17) is 19.8 Å². The van der Waals surface area contributed by atoms with Gasteiger partial charge in [0.15, 0.2) is 0 Å². The maximum atomic E-state index is 12.3. The highest BCUT2D eigenvalue weighted by molar-refractivity contribution is 7.09. The SMILES string of the molecule is O=C(O)C(=O)O.O=C1CN(C(=O)CNCc2cccs2)c2ccccc2N1. The molecule has 0 atom stereocenters. The van der Waals surface area contributed by atoms with Gasteiger partial charge >= 0.3 is 11.9 Å². The molecule has 0 radical (unpaired) electrons. The standard InChI is InChI=1S/C15H15N3O2S.C2H2O4/c19-14-10-18(13-6-2-1-5-12(13)17-14)15(20)9-16-8-11-4-3-7-21-11;3-1(4)2(5)6/h1-7,16H,8-10H2,(H,17,19);(H,3,4)(H,5,6).